The highest BCUT2D eigenvalue weighted by Crippen LogP contribution is 2.35. The van der Waals surface area contributed by atoms with Crippen molar-refractivity contribution in [1.82, 2.24) is 0 Å². The first kappa shape index (κ1) is 21.3. The van der Waals surface area contributed by atoms with Crippen molar-refractivity contribution >= 4 is 11.8 Å². The number of aryl methyl sites for hydroxylation is 4. The number of ketones is 1. The van der Waals surface area contributed by atoms with Gasteiger partial charge in [-0.2, -0.15) is 0 Å². The van der Waals surface area contributed by atoms with Gasteiger partial charge in [0.2, 0.25) is 0 Å². The van der Waals surface area contributed by atoms with E-state index in [2.05, 4.69) is 32.0 Å². The van der Waals surface area contributed by atoms with E-state index in [0.717, 1.165) is 24.0 Å². The Morgan fingerprint density at radius 1 is 1.07 bits per heavy atom. The molecular weight excluding hydrogens is 364 g/mol. The number of hydrogen-bond acceptors (Lipinski definition) is 3. The lowest BCUT2D eigenvalue weighted by Gasteiger charge is -2.22. The van der Waals surface area contributed by atoms with Gasteiger partial charge in [0.15, 0.2) is 0 Å². The number of aliphatic hydroxyl groups is 1. The lowest BCUT2D eigenvalue weighted by atomic mass is 9.83. The van der Waals surface area contributed by atoms with E-state index < -0.39 is 12.1 Å². The minimum absolute atomic E-state index is 0.0806. The number of aliphatic hydroxyl groups excluding tert-OH is 1. The second-order valence-electron chi connectivity index (χ2n) is 8.39. The van der Waals surface area contributed by atoms with Crippen molar-refractivity contribution in [3.8, 4) is 0 Å². The van der Waals surface area contributed by atoms with Gasteiger partial charge in [-0.25, -0.2) is 0 Å². The van der Waals surface area contributed by atoms with Crippen molar-refractivity contribution in [1.29, 1.82) is 0 Å². The summed E-state index contributed by atoms with van der Waals surface area (Å²) in [7, 11) is 0. The van der Waals surface area contributed by atoms with Crippen LogP contribution in [0.2, 0.25) is 0 Å². The Morgan fingerprint density at radius 3 is 2.55 bits per heavy atom. The fourth-order valence-corrected chi connectivity index (χ4v) is 4.54. The van der Waals surface area contributed by atoms with Crippen LogP contribution in [0.4, 0.5) is 0 Å². The minimum atomic E-state index is -0.807. The van der Waals surface area contributed by atoms with Gasteiger partial charge >= 0.3 is 5.97 Å². The third kappa shape index (κ3) is 5.54. The topological polar surface area (TPSA) is 74.6 Å². The predicted molar refractivity (Wildman–Crippen MR) is 113 cm³/mol. The van der Waals surface area contributed by atoms with Crippen molar-refractivity contribution in [2.24, 2.45) is 11.8 Å². The summed E-state index contributed by atoms with van der Waals surface area (Å²) < 4.78 is 0. The zero-order valence-corrected chi connectivity index (χ0v) is 17.2. The van der Waals surface area contributed by atoms with E-state index in [1.807, 2.05) is 24.3 Å². The summed E-state index contributed by atoms with van der Waals surface area (Å²) in [6.45, 7) is 4.18. The summed E-state index contributed by atoms with van der Waals surface area (Å²) >= 11 is 0. The molecule has 1 aliphatic carbocycles. The van der Waals surface area contributed by atoms with E-state index in [9.17, 15) is 14.7 Å². The minimum Gasteiger partial charge on any atom is -0.481 e. The van der Waals surface area contributed by atoms with Crippen LogP contribution < -0.4 is 0 Å². The highest BCUT2D eigenvalue weighted by atomic mass is 16.4. The summed E-state index contributed by atoms with van der Waals surface area (Å²) in [5.41, 5.74) is 5.79. The third-order valence-electron chi connectivity index (χ3n) is 6.15. The van der Waals surface area contributed by atoms with Crippen molar-refractivity contribution in [3.63, 3.8) is 0 Å². The molecule has 4 heteroatoms. The molecule has 1 saturated carbocycles. The average Bonchev–Trinajstić information content (AvgIpc) is 2.93. The van der Waals surface area contributed by atoms with E-state index in [0.29, 0.717) is 12.8 Å². The molecule has 2 aromatic carbocycles. The number of carboxylic acid groups (broad SMARTS) is 1. The largest absolute Gasteiger partial charge is 0.481 e. The monoisotopic (exact) mass is 394 g/mol. The van der Waals surface area contributed by atoms with E-state index in [4.69, 9.17) is 5.11 Å². The molecule has 0 bridgehead atoms. The summed E-state index contributed by atoms with van der Waals surface area (Å²) in [6.07, 6.45) is 2.46. The van der Waals surface area contributed by atoms with E-state index in [-0.39, 0.29) is 30.5 Å². The summed E-state index contributed by atoms with van der Waals surface area (Å²) in [5, 5.41) is 19.4. The van der Waals surface area contributed by atoms with E-state index in [1.54, 1.807) is 0 Å². The molecule has 29 heavy (non-hydrogen) atoms. The number of carbonyl (C=O) groups excluding carboxylic acids is 1. The Kier molecular flexibility index (Phi) is 6.86. The molecule has 3 rings (SSSR count). The van der Waals surface area contributed by atoms with Gasteiger partial charge < -0.3 is 10.2 Å². The molecular formula is C25H30O4. The normalized spacial score (nSPS) is 21.5. The zero-order chi connectivity index (χ0) is 21.0. The molecule has 154 valence electrons. The number of rotatable bonds is 8. The van der Waals surface area contributed by atoms with Crippen LogP contribution in [0.15, 0.2) is 42.5 Å². The van der Waals surface area contributed by atoms with Crippen LogP contribution in [0.5, 0.6) is 0 Å². The van der Waals surface area contributed by atoms with Crippen LogP contribution in [0.3, 0.4) is 0 Å². The number of hydrogen-bond donors (Lipinski definition) is 2. The molecule has 0 saturated heterocycles. The molecule has 0 amide bonds. The maximum atomic E-state index is 12.6. The van der Waals surface area contributed by atoms with E-state index >= 15 is 0 Å². The van der Waals surface area contributed by atoms with Crippen molar-refractivity contribution in [2.45, 2.75) is 58.5 Å². The van der Waals surface area contributed by atoms with Crippen LogP contribution >= 0.6 is 0 Å². The predicted octanol–water partition coefficient (Wildman–Crippen LogP) is 4.06. The van der Waals surface area contributed by atoms with Crippen molar-refractivity contribution < 1.29 is 19.8 Å². The smallest absolute Gasteiger partial charge is 0.303 e. The molecule has 0 heterocycles. The van der Waals surface area contributed by atoms with Crippen LogP contribution in [-0.4, -0.2) is 28.1 Å². The van der Waals surface area contributed by atoms with Gasteiger partial charge in [-0.05, 0) is 67.7 Å². The molecule has 0 spiro atoms. The van der Waals surface area contributed by atoms with Gasteiger partial charge in [-0.1, -0.05) is 48.0 Å². The van der Waals surface area contributed by atoms with Crippen LogP contribution in [-0.2, 0) is 28.9 Å². The molecule has 0 aliphatic heterocycles. The number of benzene rings is 2. The number of carbonyl (C=O) groups is 2. The second-order valence-corrected chi connectivity index (χ2v) is 8.39. The van der Waals surface area contributed by atoms with Crippen molar-refractivity contribution in [3.05, 3.63) is 70.3 Å². The van der Waals surface area contributed by atoms with Gasteiger partial charge in [-0.15, -0.1) is 0 Å². The Hall–Kier alpha value is -2.46. The quantitative estimate of drug-likeness (QED) is 0.708. The molecule has 2 aromatic rings. The highest BCUT2D eigenvalue weighted by Gasteiger charge is 2.40. The Balaban J connectivity index is 1.69. The van der Waals surface area contributed by atoms with Crippen LogP contribution in [0, 0.1) is 25.7 Å². The average molecular weight is 395 g/mol. The van der Waals surface area contributed by atoms with E-state index in [1.165, 1.54) is 16.7 Å². The second kappa shape index (κ2) is 9.36. The molecule has 1 aliphatic rings. The lowest BCUT2D eigenvalue weighted by Crippen LogP contribution is -2.23. The first-order chi connectivity index (χ1) is 13.8. The first-order valence-electron chi connectivity index (χ1n) is 10.4. The third-order valence-corrected chi connectivity index (χ3v) is 6.15. The number of aliphatic carboxylic acids is 1. The Bertz CT molecular complexity index is 886. The molecule has 0 aromatic heterocycles. The SMILES string of the molecule is Cc1ccc(CCC2C(=O)CC(O)[C@@H]2Cc2cccc(CCC(=O)O)c2)c(C)c1. The molecule has 0 radical (unpaired) electrons. The lowest BCUT2D eigenvalue weighted by molar-refractivity contribution is -0.137. The summed E-state index contributed by atoms with van der Waals surface area (Å²) in [4.78, 5) is 23.4. The summed E-state index contributed by atoms with van der Waals surface area (Å²) in [6, 6.07) is 14.3. The van der Waals surface area contributed by atoms with Crippen LogP contribution in [0.1, 0.15) is 47.1 Å². The highest BCUT2D eigenvalue weighted by molar-refractivity contribution is 5.84. The van der Waals surface area contributed by atoms with Gasteiger partial charge in [0, 0.05) is 18.8 Å². The van der Waals surface area contributed by atoms with Gasteiger partial charge in [-0.3, -0.25) is 9.59 Å². The number of Topliss-reactive ketones (excluding diaryl/α,β-unsaturated/α-hetero) is 1. The van der Waals surface area contributed by atoms with Crippen molar-refractivity contribution in [2.75, 3.05) is 0 Å². The Morgan fingerprint density at radius 2 is 1.83 bits per heavy atom. The fourth-order valence-electron chi connectivity index (χ4n) is 4.54. The Labute approximate surface area is 172 Å². The molecule has 2 N–H and O–H groups in total. The maximum absolute atomic E-state index is 12.6. The fraction of sp³-hybridized carbons (Fsp3) is 0.440. The van der Waals surface area contributed by atoms with Gasteiger partial charge in [0.1, 0.15) is 5.78 Å². The first-order valence-corrected chi connectivity index (χ1v) is 10.4. The number of carboxylic acids is 1. The molecule has 1 fully saturated rings. The molecule has 3 atom stereocenters. The van der Waals surface area contributed by atoms with Crippen LogP contribution in [0.25, 0.3) is 0 Å². The van der Waals surface area contributed by atoms with Gasteiger partial charge in [0.25, 0.3) is 0 Å². The zero-order valence-electron chi connectivity index (χ0n) is 17.2. The standard InChI is InChI=1S/C25H30O4/c1-16-6-8-20(17(2)12-16)9-10-21-22(24(27)15-23(21)26)14-19-5-3-4-18(13-19)7-11-25(28)29/h3-6,8,12-13,21-22,24,27H,7,9-11,14-15H2,1-2H3,(H,28,29)/t21?,22-,24?/m1/s1. The van der Waals surface area contributed by atoms with Gasteiger partial charge in [0.05, 0.1) is 6.10 Å². The molecule has 2 unspecified atom stereocenters. The maximum Gasteiger partial charge on any atom is 0.303 e. The summed E-state index contributed by atoms with van der Waals surface area (Å²) in [5.74, 6) is -0.857. The molecule has 4 nitrogen and oxygen atoms in total.